The van der Waals surface area contributed by atoms with E-state index >= 15 is 0 Å². The summed E-state index contributed by atoms with van der Waals surface area (Å²) in [4.78, 5) is 25.9. The van der Waals surface area contributed by atoms with Crippen LogP contribution in [0.2, 0.25) is 0 Å². The van der Waals surface area contributed by atoms with Crippen LogP contribution in [-0.4, -0.2) is 46.8 Å². The molecule has 1 aromatic rings. The van der Waals surface area contributed by atoms with Gasteiger partial charge in [0.25, 0.3) is 0 Å². The molecule has 2 amide bonds. The molecule has 3 rings (SSSR count). The van der Waals surface area contributed by atoms with Gasteiger partial charge in [0.05, 0.1) is 12.5 Å². The first-order chi connectivity index (χ1) is 10.5. The zero-order chi connectivity index (χ0) is 15.7. The third-order valence-corrected chi connectivity index (χ3v) is 5.49. The van der Waals surface area contributed by atoms with Crippen LogP contribution >= 0.6 is 11.3 Å². The van der Waals surface area contributed by atoms with Gasteiger partial charge in [0.15, 0.2) is 0 Å². The van der Waals surface area contributed by atoms with E-state index in [1.54, 1.807) is 4.90 Å². The molecule has 0 radical (unpaired) electrons. The van der Waals surface area contributed by atoms with Gasteiger partial charge in [-0.15, -0.1) is 10.2 Å². The minimum absolute atomic E-state index is 0.0863. The first kappa shape index (κ1) is 15.4. The lowest BCUT2D eigenvalue weighted by Gasteiger charge is -2.40. The maximum absolute atomic E-state index is 12.3. The first-order valence-corrected chi connectivity index (χ1v) is 8.34. The van der Waals surface area contributed by atoms with Crippen molar-refractivity contribution in [3.8, 4) is 0 Å². The number of aliphatic hydroxyl groups excluding tert-OH is 1. The Balaban J connectivity index is 1.57. The average molecular weight is 324 g/mol. The summed E-state index contributed by atoms with van der Waals surface area (Å²) in [5.74, 6) is -0.554. The standard InChI is InChI=1S/C14H20N4O3S/c1-9-16-17-13(22-9)18-6-10(5-11(18)20)12(21)15-7-14(8-19)3-2-4-14/h10,19H,2-8H2,1H3,(H,15,21). The van der Waals surface area contributed by atoms with Gasteiger partial charge in [-0.2, -0.15) is 0 Å². The number of hydrogen-bond donors (Lipinski definition) is 2. The molecular formula is C14H20N4O3S. The molecule has 120 valence electrons. The predicted molar refractivity (Wildman–Crippen MR) is 81.5 cm³/mol. The Morgan fingerprint density at radius 3 is 2.82 bits per heavy atom. The Labute approximate surface area is 132 Å². The summed E-state index contributed by atoms with van der Waals surface area (Å²) in [6, 6.07) is 0. The van der Waals surface area contributed by atoms with E-state index in [0.717, 1.165) is 24.3 Å². The van der Waals surface area contributed by atoms with Gasteiger partial charge >= 0.3 is 0 Å². The van der Waals surface area contributed by atoms with Gasteiger partial charge in [-0.25, -0.2) is 0 Å². The first-order valence-electron chi connectivity index (χ1n) is 7.52. The van der Waals surface area contributed by atoms with Crippen LogP contribution < -0.4 is 10.2 Å². The third kappa shape index (κ3) is 2.85. The number of carbonyl (C=O) groups excluding carboxylic acids is 2. The second kappa shape index (κ2) is 5.92. The van der Waals surface area contributed by atoms with E-state index in [9.17, 15) is 14.7 Å². The van der Waals surface area contributed by atoms with Crippen molar-refractivity contribution in [1.82, 2.24) is 15.5 Å². The molecule has 0 bridgehead atoms. The smallest absolute Gasteiger partial charge is 0.229 e. The van der Waals surface area contributed by atoms with Gasteiger partial charge < -0.3 is 10.4 Å². The number of aryl methyl sites for hydroxylation is 1. The molecule has 2 heterocycles. The largest absolute Gasteiger partial charge is 0.396 e. The van der Waals surface area contributed by atoms with E-state index in [0.29, 0.717) is 18.2 Å². The van der Waals surface area contributed by atoms with Crippen LogP contribution in [0.1, 0.15) is 30.7 Å². The van der Waals surface area contributed by atoms with Crippen LogP contribution in [0.3, 0.4) is 0 Å². The van der Waals surface area contributed by atoms with Gasteiger partial charge in [-0.1, -0.05) is 17.8 Å². The number of carbonyl (C=O) groups is 2. The molecule has 1 atom stereocenters. The number of aliphatic hydroxyl groups is 1. The molecule has 22 heavy (non-hydrogen) atoms. The van der Waals surface area contributed by atoms with Crippen LogP contribution in [0.25, 0.3) is 0 Å². The van der Waals surface area contributed by atoms with Gasteiger partial charge in [0, 0.05) is 24.9 Å². The summed E-state index contributed by atoms with van der Waals surface area (Å²) in [7, 11) is 0. The van der Waals surface area contributed by atoms with Crippen LogP contribution in [0.4, 0.5) is 5.13 Å². The van der Waals surface area contributed by atoms with E-state index in [1.807, 2.05) is 6.92 Å². The lowest BCUT2D eigenvalue weighted by molar-refractivity contribution is -0.127. The molecule has 2 N–H and O–H groups in total. The fraction of sp³-hybridized carbons (Fsp3) is 0.714. The van der Waals surface area contributed by atoms with E-state index in [4.69, 9.17) is 0 Å². The zero-order valence-corrected chi connectivity index (χ0v) is 13.4. The number of anilines is 1. The molecule has 1 aromatic heterocycles. The fourth-order valence-corrected chi connectivity index (χ4v) is 3.66. The molecule has 1 aliphatic carbocycles. The van der Waals surface area contributed by atoms with Crippen molar-refractivity contribution >= 4 is 28.3 Å². The number of amides is 2. The normalized spacial score (nSPS) is 23.5. The van der Waals surface area contributed by atoms with E-state index in [2.05, 4.69) is 15.5 Å². The van der Waals surface area contributed by atoms with Crippen molar-refractivity contribution in [3.05, 3.63) is 5.01 Å². The molecule has 1 aliphatic heterocycles. The quantitative estimate of drug-likeness (QED) is 0.821. The number of hydrogen-bond acceptors (Lipinski definition) is 6. The highest BCUT2D eigenvalue weighted by atomic mass is 32.1. The van der Waals surface area contributed by atoms with Gasteiger partial charge in [-0.05, 0) is 19.8 Å². The summed E-state index contributed by atoms with van der Waals surface area (Å²) in [6.07, 6.45) is 3.20. The second-order valence-electron chi connectivity index (χ2n) is 6.24. The summed E-state index contributed by atoms with van der Waals surface area (Å²) in [5, 5.41) is 21.6. The van der Waals surface area contributed by atoms with Crippen molar-refractivity contribution in [3.63, 3.8) is 0 Å². The topological polar surface area (TPSA) is 95.4 Å². The monoisotopic (exact) mass is 324 g/mol. The van der Waals surface area contributed by atoms with E-state index in [-0.39, 0.29) is 36.2 Å². The highest BCUT2D eigenvalue weighted by Gasteiger charge is 2.40. The predicted octanol–water partition coefficient (Wildman–Crippen LogP) is 0.478. The summed E-state index contributed by atoms with van der Waals surface area (Å²) < 4.78 is 0. The van der Waals surface area contributed by atoms with Crippen LogP contribution in [0, 0.1) is 18.3 Å². The fourth-order valence-electron chi connectivity index (χ4n) is 2.95. The lowest BCUT2D eigenvalue weighted by Crippen LogP contribution is -2.46. The highest BCUT2D eigenvalue weighted by Crippen LogP contribution is 2.39. The van der Waals surface area contributed by atoms with Crippen LogP contribution in [0.15, 0.2) is 0 Å². The van der Waals surface area contributed by atoms with E-state index in [1.165, 1.54) is 11.3 Å². The van der Waals surface area contributed by atoms with Gasteiger partial charge in [0.2, 0.25) is 16.9 Å². The Morgan fingerprint density at radius 2 is 2.27 bits per heavy atom. The van der Waals surface area contributed by atoms with Crippen molar-refractivity contribution < 1.29 is 14.7 Å². The average Bonchev–Trinajstić information content (AvgIpc) is 3.04. The summed E-state index contributed by atoms with van der Waals surface area (Å²) in [6.45, 7) is 2.78. The SMILES string of the molecule is Cc1nnc(N2CC(C(=O)NCC3(CO)CCC3)CC2=O)s1. The Morgan fingerprint density at radius 1 is 1.50 bits per heavy atom. The van der Waals surface area contributed by atoms with Gasteiger partial charge in [0.1, 0.15) is 5.01 Å². The molecular weight excluding hydrogens is 304 g/mol. The minimum Gasteiger partial charge on any atom is -0.396 e. The number of nitrogens with one attached hydrogen (secondary N) is 1. The minimum atomic E-state index is -0.354. The molecule has 2 aliphatic rings. The van der Waals surface area contributed by atoms with Crippen molar-refractivity contribution in [2.24, 2.45) is 11.3 Å². The number of rotatable bonds is 5. The Kier molecular flexibility index (Phi) is 4.14. The lowest BCUT2D eigenvalue weighted by atomic mass is 9.69. The molecule has 1 saturated heterocycles. The third-order valence-electron chi connectivity index (χ3n) is 4.63. The van der Waals surface area contributed by atoms with Crippen LogP contribution in [0.5, 0.6) is 0 Å². The van der Waals surface area contributed by atoms with Crippen LogP contribution in [-0.2, 0) is 9.59 Å². The molecule has 1 saturated carbocycles. The molecule has 7 nitrogen and oxygen atoms in total. The highest BCUT2D eigenvalue weighted by molar-refractivity contribution is 7.15. The Bertz CT molecular complexity index is 579. The Hall–Kier alpha value is -1.54. The molecule has 8 heteroatoms. The van der Waals surface area contributed by atoms with Crippen molar-refractivity contribution in [1.29, 1.82) is 0 Å². The summed E-state index contributed by atoms with van der Waals surface area (Å²) >= 11 is 1.35. The van der Waals surface area contributed by atoms with Crippen molar-refractivity contribution in [2.75, 3.05) is 24.6 Å². The van der Waals surface area contributed by atoms with Gasteiger partial charge in [-0.3, -0.25) is 14.5 Å². The zero-order valence-electron chi connectivity index (χ0n) is 12.5. The van der Waals surface area contributed by atoms with E-state index < -0.39 is 0 Å². The molecule has 0 aromatic carbocycles. The number of aromatic nitrogens is 2. The number of nitrogens with zero attached hydrogens (tertiary/aromatic N) is 3. The summed E-state index contributed by atoms with van der Waals surface area (Å²) in [5.41, 5.74) is -0.145. The van der Waals surface area contributed by atoms with Crippen molar-refractivity contribution in [2.45, 2.75) is 32.6 Å². The molecule has 0 spiro atoms. The second-order valence-corrected chi connectivity index (χ2v) is 7.40. The maximum atomic E-state index is 12.3. The maximum Gasteiger partial charge on any atom is 0.229 e. The molecule has 1 unspecified atom stereocenters. The molecule has 2 fully saturated rings.